The van der Waals surface area contributed by atoms with E-state index < -0.39 is 54.7 Å². The molecule has 41 heavy (non-hydrogen) atoms. The summed E-state index contributed by atoms with van der Waals surface area (Å²) in [5.74, 6) is -2.22. The zero-order valence-electron chi connectivity index (χ0n) is 20.5. The number of alkyl halides is 6. The van der Waals surface area contributed by atoms with Gasteiger partial charge < -0.3 is 15.5 Å². The van der Waals surface area contributed by atoms with Crippen LogP contribution in [-0.2, 0) is 6.54 Å². The zero-order chi connectivity index (χ0) is 29.4. The number of hydrogen-bond acceptors (Lipinski definition) is 6. The number of carbonyl (C=O) groups excluding carboxylic acids is 2. The molecule has 0 aliphatic carbocycles. The summed E-state index contributed by atoms with van der Waals surface area (Å²) in [5.41, 5.74) is 4.07. The minimum absolute atomic E-state index is 0.0268. The summed E-state index contributed by atoms with van der Waals surface area (Å²) >= 11 is 0.717. The first-order valence-electron chi connectivity index (χ1n) is 11.7. The van der Waals surface area contributed by atoms with E-state index in [2.05, 4.69) is 15.4 Å². The van der Waals surface area contributed by atoms with Crippen LogP contribution in [0.5, 0.6) is 0 Å². The monoisotopic (exact) mass is 593 g/mol. The number of furan rings is 1. The van der Waals surface area contributed by atoms with E-state index in [9.17, 15) is 35.9 Å². The molecule has 4 heterocycles. The quantitative estimate of drug-likeness (QED) is 0.179. The number of nitrogens with two attached hydrogens (primary N) is 1. The van der Waals surface area contributed by atoms with E-state index in [4.69, 9.17) is 10.2 Å². The smallest absolute Gasteiger partial charge is 0.291 e. The van der Waals surface area contributed by atoms with E-state index in [0.29, 0.717) is 16.3 Å². The van der Waals surface area contributed by atoms with Crippen molar-refractivity contribution in [1.29, 1.82) is 0 Å². The van der Waals surface area contributed by atoms with Gasteiger partial charge in [-0.25, -0.2) is 31.3 Å². The van der Waals surface area contributed by atoms with Gasteiger partial charge in [0.25, 0.3) is 31.1 Å². The Kier molecular flexibility index (Phi) is 7.53. The number of thiophene rings is 1. The molecule has 0 radical (unpaired) electrons. The predicted octanol–water partition coefficient (Wildman–Crippen LogP) is 6.97. The maximum atomic E-state index is 13.6. The Balaban J connectivity index is 1.52. The topological polar surface area (TPSA) is 116 Å². The van der Waals surface area contributed by atoms with Gasteiger partial charge in [0.2, 0.25) is 0 Å². The number of nitrogens with one attached hydrogen (secondary N) is 1. The number of anilines is 1. The Morgan fingerprint density at radius 2 is 1.66 bits per heavy atom. The number of hydrogen-bond donors (Lipinski definition) is 2. The van der Waals surface area contributed by atoms with Gasteiger partial charge in [0.05, 0.1) is 12.2 Å². The number of primary amides is 1. The van der Waals surface area contributed by atoms with Crippen LogP contribution in [-0.4, -0.2) is 26.6 Å². The SMILES string of the molecule is NC(=O)c1sc2nc(C(F)F)cc(-c3ccccc3)c2c1NC(=O)c1ccc(Cn2nc(C(F)F)cc2C(F)F)o1. The Hall–Kier alpha value is -4.66. The van der Waals surface area contributed by atoms with Gasteiger partial charge in [0.15, 0.2) is 5.76 Å². The van der Waals surface area contributed by atoms with E-state index in [1.807, 2.05) is 0 Å². The third kappa shape index (κ3) is 5.52. The van der Waals surface area contributed by atoms with Crippen molar-refractivity contribution in [2.24, 2.45) is 5.73 Å². The van der Waals surface area contributed by atoms with Crippen molar-refractivity contribution in [3.8, 4) is 11.1 Å². The molecule has 5 rings (SSSR count). The molecular formula is C26H17F6N5O3S. The molecule has 4 aromatic heterocycles. The first kappa shape index (κ1) is 27.9. The second-order valence-electron chi connectivity index (χ2n) is 8.59. The molecule has 0 fully saturated rings. The van der Waals surface area contributed by atoms with Crippen LogP contribution >= 0.6 is 11.3 Å². The molecule has 0 aliphatic rings. The number of nitrogens with zero attached hydrogens (tertiary/aromatic N) is 3. The Morgan fingerprint density at radius 3 is 2.29 bits per heavy atom. The van der Waals surface area contributed by atoms with Gasteiger partial charge in [-0.3, -0.25) is 14.3 Å². The average molecular weight is 594 g/mol. The Labute approximate surface area is 230 Å². The lowest BCUT2D eigenvalue weighted by atomic mass is 10.0. The van der Waals surface area contributed by atoms with Gasteiger partial charge in [0.1, 0.15) is 32.5 Å². The van der Waals surface area contributed by atoms with E-state index >= 15 is 0 Å². The number of pyridine rings is 1. The van der Waals surface area contributed by atoms with Crippen molar-refractivity contribution < 1.29 is 40.3 Å². The summed E-state index contributed by atoms with van der Waals surface area (Å²) in [6.45, 7) is -0.480. The molecule has 5 aromatic rings. The average Bonchev–Trinajstić information content (AvgIpc) is 3.66. The number of carbonyl (C=O) groups is 2. The molecule has 0 spiro atoms. The third-order valence-electron chi connectivity index (χ3n) is 5.92. The minimum Gasteiger partial charge on any atom is -0.454 e. The van der Waals surface area contributed by atoms with Crippen LogP contribution in [0.3, 0.4) is 0 Å². The van der Waals surface area contributed by atoms with Gasteiger partial charge in [0, 0.05) is 5.39 Å². The first-order valence-corrected chi connectivity index (χ1v) is 12.5. The number of halogens is 6. The fourth-order valence-corrected chi connectivity index (χ4v) is 5.15. The third-order valence-corrected chi connectivity index (χ3v) is 7.02. The molecule has 0 saturated carbocycles. The lowest BCUT2D eigenvalue weighted by Crippen LogP contribution is -2.16. The van der Waals surface area contributed by atoms with Crippen LogP contribution in [0.15, 0.2) is 59.0 Å². The summed E-state index contributed by atoms with van der Waals surface area (Å²) in [5, 5.41) is 6.20. The van der Waals surface area contributed by atoms with Crippen LogP contribution in [0.25, 0.3) is 21.3 Å². The minimum atomic E-state index is -3.09. The normalized spacial score (nSPS) is 11.7. The molecule has 1 aromatic carbocycles. The highest BCUT2D eigenvalue weighted by atomic mass is 32.1. The standard InChI is InChI=1S/C26H17F6N5O3S/c27-21(28)14-8-13(11-4-2-1-3-5-11)18-19(20(24(33)38)41-26(18)34-14)35-25(39)17-7-6-12(40-17)10-37-16(23(31)32)9-15(36-37)22(29)30/h1-9,21-23H,10H2,(H2,33,38)(H,35,39). The van der Waals surface area contributed by atoms with Crippen LogP contribution in [0.2, 0.25) is 0 Å². The summed E-state index contributed by atoms with van der Waals surface area (Å²) < 4.78 is 86.0. The lowest BCUT2D eigenvalue weighted by molar-refractivity contribution is 0.0994. The van der Waals surface area contributed by atoms with Crippen LogP contribution in [0.4, 0.5) is 32.0 Å². The van der Waals surface area contributed by atoms with E-state index in [1.54, 1.807) is 30.3 Å². The molecule has 2 amide bonds. The van der Waals surface area contributed by atoms with Crippen molar-refractivity contribution in [2.45, 2.75) is 25.8 Å². The highest BCUT2D eigenvalue weighted by Gasteiger charge is 2.27. The van der Waals surface area contributed by atoms with Crippen LogP contribution < -0.4 is 11.1 Å². The Morgan fingerprint density at radius 1 is 0.951 bits per heavy atom. The number of benzene rings is 1. The summed E-state index contributed by atoms with van der Waals surface area (Å²) in [7, 11) is 0. The molecule has 0 unspecified atom stereocenters. The van der Waals surface area contributed by atoms with Gasteiger partial charge in [-0.15, -0.1) is 11.3 Å². The molecular weight excluding hydrogens is 576 g/mol. The summed E-state index contributed by atoms with van der Waals surface area (Å²) in [6.07, 6.45) is -9.08. The summed E-state index contributed by atoms with van der Waals surface area (Å²) in [6, 6.07) is 12.6. The van der Waals surface area contributed by atoms with Gasteiger partial charge >= 0.3 is 0 Å². The lowest BCUT2D eigenvalue weighted by Gasteiger charge is -2.10. The fourth-order valence-electron chi connectivity index (χ4n) is 4.14. The molecule has 3 N–H and O–H groups in total. The number of aromatic nitrogens is 3. The number of amides is 2. The maximum Gasteiger partial charge on any atom is 0.291 e. The Bertz CT molecular complexity index is 1750. The van der Waals surface area contributed by atoms with E-state index in [-0.39, 0.29) is 37.9 Å². The van der Waals surface area contributed by atoms with Crippen molar-refractivity contribution >= 4 is 39.1 Å². The number of rotatable bonds is 9. The highest BCUT2D eigenvalue weighted by molar-refractivity contribution is 7.21. The second kappa shape index (κ2) is 11.1. The largest absolute Gasteiger partial charge is 0.454 e. The number of fused-ring (bicyclic) bond motifs is 1. The van der Waals surface area contributed by atoms with Gasteiger partial charge in [-0.1, -0.05) is 30.3 Å². The molecule has 0 atom stereocenters. The van der Waals surface area contributed by atoms with Crippen molar-refractivity contribution in [2.75, 3.05) is 5.32 Å². The van der Waals surface area contributed by atoms with E-state index in [0.717, 1.165) is 17.4 Å². The second-order valence-corrected chi connectivity index (χ2v) is 9.58. The highest BCUT2D eigenvalue weighted by Crippen LogP contribution is 2.42. The summed E-state index contributed by atoms with van der Waals surface area (Å²) in [4.78, 5) is 29.3. The van der Waals surface area contributed by atoms with Crippen LogP contribution in [0.1, 0.15) is 62.3 Å². The van der Waals surface area contributed by atoms with Crippen molar-refractivity contribution in [3.05, 3.63) is 88.1 Å². The van der Waals surface area contributed by atoms with Gasteiger partial charge in [-0.2, -0.15) is 5.10 Å². The molecule has 0 bridgehead atoms. The van der Waals surface area contributed by atoms with Gasteiger partial charge in [-0.05, 0) is 35.4 Å². The molecule has 8 nitrogen and oxygen atoms in total. The van der Waals surface area contributed by atoms with Crippen molar-refractivity contribution in [1.82, 2.24) is 14.8 Å². The maximum absolute atomic E-state index is 13.6. The predicted molar refractivity (Wildman–Crippen MR) is 136 cm³/mol. The van der Waals surface area contributed by atoms with E-state index in [1.165, 1.54) is 12.1 Å². The van der Waals surface area contributed by atoms with Crippen molar-refractivity contribution in [3.63, 3.8) is 0 Å². The molecule has 0 aliphatic heterocycles. The van der Waals surface area contributed by atoms with Crippen LogP contribution in [0, 0.1) is 0 Å². The molecule has 15 heteroatoms. The first-order chi connectivity index (χ1) is 19.5. The zero-order valence-corrected chi connectivity index (χ0v) is 21.3. The fraction of sp³-hybridized carbons (Fsp3) is 0.154. The molecule has 0 saturated heterocycles. The molecule has 212 valence electrons.